The number of phenols is 1. The zero-order valence-corrected chi connectivity index (χ0v) is 10.6. The quantitative estimate of drug-likeness (QED) is 0.678. The maximum absolute atomic E-state index is 9.57. The van der Waals surface area contributed by atoms with Crippen LogP contribution in [0.25, 0.3) is 6.08 Å². The number of aliphatic hydroxyl groups excluding tert-OH is 2. The van der Waals surface area contributed by atoms with Gasteiger partial charge in [-0.2, -0.15) is 0 Å². The van der Waals surface area contributed by atoms with Gasteiger partial charge in [0.15, 0.2) is 0 Å². The van der Waals surface area contributed by atoms with E-state index in [9.17, 15) is 10.2 Å². The van der Waals surface area contributed by atoms with Crippen LogP contribution in [0.1, 0.15) is 25.3 Å². The van der Waals surface area contributed by atoms with Crippen LogP contribution in [0, 0.1) is 0 Å². The molecule has 0 saturated carbocycles. The summed E-state index contributed by atoms with van der Waals surface area (Å²) in [7, 11) is 0. The van der Waals surface area contributed by atoms with Gasteiger partial charge in [0.2, 0.25) is 0 Å². The summed E-state index contributed by atoms with van der Waals surface area (Å²) < 4.78 is 0. The maximum Gasteiger partial charge on any atom is 0.116 e. The minimum atomic E-state index is -0.523. The Morgan fingerprint density at radius 1 is 1.39 bits per heavy atom. The SMILES string of the molecule is C/C(=C\c1cccc(O)c1)CC[C@@H](O)/C=C\CO. The standard InChI is InChI=1S/C15H20O3/c1-12(7-8-14(17)6-3-9-16)10-13-4-2-5-15(18)11-13/h2-6,10-11,14,16-18H,7-9H2,1H3/b6-3-,12-10+/t14-/m0/s1. The highest BCUT2D eigenvalue weighted by Crippen LogP contribution is 2.16. The summed E-state index contributed by atoms with van der Waals surface area (Å²) in [5.41, 5.74) is 2.09. The first-order valence-corrected chi connectivity index (χ1v) is 6.03. The molecular formula is C15H20O3. The molecule has 0 unspecified atom stereocenters. The number of aromatic hydroxyl groups is 1. The van der Waals surface area contributed by atoms with Gasteiger partial charge < -0.3 is 15.3 Å². The first kappa shape index (κ1) is 14.5. The molecule has 0 radical (unpaired) electrons. The molecule has 1 aromatic rings. The number of rotatable bonds is 6. The molecule has 1 atom stereocenters. The lowest BCUT2D eigenvalue weighted by molar-refractivity contribution is 0.211. The molecule has 0 amide bonds. The zero-order chi connectivity index (χ0) is 13.4. The summed E-state index contributed by atoms with van der Waals surface area (Å²) in [6.07, 6.45) is 6.00. The van der Waals surface area contributed by atoms with Crippen molar-refractivity contribution in [2.45, 2.75) is 25.9 Å². The first-order valence-electron chi connectivity index (χ1n) is 6.03. The Hall–Kier alpha value is -1.58. The van der Waals surface area contributed by atoms with E-state index in [1.165, 1.54) is 0 Å². The third kappa shape index (κ3) is 5.66. The number of phenolic OH excluding ortho intramolecular Hbond substituents is 1. The molecule has 18 heavy (non-hydrogen) atoms. The third-order valence-corrected chi connectivity index (χ3v) is 2.58. The molecule has 0 aromatic heterocycles. The van der Waals surface area contributed by atoms with Crippen molar-refractivity contribution < 1.29 is 15.3 Å². The molecule has 1 aromatic carbocycles. The Morgan fingerprint density at radius 2 is 2.17 bits per heavy atom. The minimum Gasteiger partial charge on any atom is -0.508 e. The van der Waals surface area contributed by atoms with Gasteiger partial charge in [-0.05, 0) is 37.5 Å². The van der Waals surface area contributed by atoms with Crippen LogP contribution in [0.4, 0.5) is 0 Å². The predicted molar refractivity (Wildman–Crippen MR) is 73.2 cm³/mol. The predicted octanol–water partition coefficient (Wildman–Crippen LogP) is 2.49. The molecule has 3 nitrogen and oxygen atoms in total. The van der Waals surface area contributed by atoms with Crippen LogP contribution >= 0.6 is 0 Å². The van der Waals surface area contributed by atoms with Crippen LogP contribution in [0.5, 0.6) is 5.75 Å². The van der Waals surface area contributed by atoms with Crippen molar-refractivity contribution in [2.75, 3.05) is 6.61 Å². The molecular weight excluding hydrogens is 228 g/mol. The van der Waals surface area contributed by atoms with Crippen LogP contribution in [-0.2, 0) is 0 Å². The Bertz CT molecular complexity index is 422. The summed E-state index contributed by atoms with van der Waals surface area (Å²) >= 11 is 0. The summed E-state index contributed by atoms with van der Waals surface area (Å²) in [5.74, 6) is 0.252. The van der Waals surface area contributed by atoms with Gasteiger partial charge in [0.05, 0.1) is 12.7 Å². The Morgan fingerprint density at radius 3 is 2.83 bits per heavy atom. The molecule has 3 heteroatoms. The van der Waals surface area contributed by atoms with Gasteiger partial charge in [-0.25, -0.2) is 0 Å². The van der Waals surface area contributed by atoms with Gasteiger partial charge in [-0.3, -0.25) is 0 Å². The van der Waals surface area contributed by atoms with Gasteiger partial charge in [0, 0.05) is 0 Å². The molecule has 0 bridgehead atoms. The fourth-order valence-corrected chi connectivity index (χ4v) is 1.66. The largest absolute Gasteiger partial charge is 0.508 e. The van der Waals surface area contributed by atoms with Crippen molar-refractivity contribution in [2.24, 2.45) is 0 Å². The van der Waals surface area contributed by atoms with Crippen LogP contribution in [-0.4, -0.2) is 28.0 Å². The van der Waals surface area contributed by atoms with E-state index in [1.54, 1.807) is 30.4 Å². The van der Waals surface area contributed by atoms with Crippen LogP contribution in [0.3, 0.4) is 0 Å². The molecule has 1 rings (SSSR count). The number of benzene rings is 1. The third-order valence-electron chi connectivity index (χ3n) is 2.58. The second kappa shape index (κ2) is 7.69. The van der Waals surface area contributed by atoms with Crippen LogP contribution in [0.2, 0.25) is 0 Å². The smallest absolute Gasteiger partial charge is 0.116 e. The highest BCUT2D eigenvalue weighted by atomic mass is 16.3. The molecule has 0 aliphatic heterocycles. The fraction of sp³-hybridized carbons (Fsp3) is 0.333. The Kier molecular flexibility index (Phi) is 6.19. The summed E-state index contributed by atoms with van der Waals surface area (Å²) in [6, 6.07) is 7.06. The van der Waals surface area contributed by atoms with E-state index in [-0.39, 0.29) is 12.4 Å². The van der Waals surface area contributed by atoms with Crippen molar-refractivity contribution in [3.8, 4) is 5.75 Å². The highest BCUT2D eigenvalue weighted by molar-refractivity contribution is 5.54. The molecule has 0 saturated heterocycles. The number of aliphatic hydroxyl groups is 2. The van der Waals surface area contributed by atoms with Crippen molar-refractivity contribution in [1.29, 1.82) is 0 Å². The Balaban J connectivity index is 2.50. The lowest BCUT2D eigenvalue weighted by Crippen LogP contribution is -2.02. The zero-order valence-electron chi connectivity index (χ0n) is 10.6. The molecule has 0 fully saturated rings. The summed E-state index contributed by atoms with van der Waals surface area (Å²) in [5, 5.41) is 27.5. The van der Waals surface area contributed by atoms with Gasteiger partial charge in [-0.1, -0.05) is 35.9 Å². The monoisotopic (exact) mass is 248 g/mol. The number of allylic oxidation sites excluding steroid dienone is 1. The fourth-order valence-electron chi connectivity index (χ4n) is 1.66. The van der Waals surface area contributed by atoms with Crippen LogP contribution in [0.15, 0.2) is 42.0 Å². The highest BCUT2D eigenvalue weighted by Gasteiger charge is 2.00. The number of hydrogen-bond donors (Lipinski definition) is 3. The molecule has 0 aliphatic rings. The number of hydrogen-bond acceptors (Lipinski definition) is 3. The van der Waals surface area contributed by atoms with Gasteiger partial charge in [0.25, 0.3) is 0 Å². The molecule has 98 valence electrons. The second-order valence-corrected chi connectivity index (χ2v) is 4.30. The van der Waals surface area contributed by atoms with E-state index in [0.717, 1.165) is 17.6 Å². The van der Waals surface area contributed by atoms with E-state index < -0.39 is 6.10 Å². The van der Waals surface area contributed by atoms with E-state index in [1.807, 2.05) is 19.1 Å². The van der Waals surface area contributed by atoms with Gasteiger partial charge >= 0.3 is 0 Å². The van der Waals surface area contributed by atoms with Crippen molar-refractivity contribution in [3.05, 3.63) is 47.6 Å². The lowest BCUT2D eigenvalue weighted by atomic mass is 10.0. The van der Waals surface area contributed by atoms with E-state index >= 15 is 0 Å². The maximum atomic E-state index is 9.57. The first-order chi connectivity index (χ1) is 8.61. The molecule has 0 spiro atoms. The van der Waals surface area contributed by atoms with Crippen molar-refractivity contribution in [1.82, 2.24) is 0 Å². The van der Waals surface area contributed by atoms with Crippen molar-refractivity contribution >= 4 is 6.08 Å². The normalized spacial score (nSPS) is 14.1. The van der Waals surface area contributed by atoms with Crippen molar-refractivity contribution in [3.63, 3.8) is 0 Å². The van der Waals surface area contributed by atoms with E-state index in [2.05, 4.69) is 0 Å². The average molecular weight is 248 g/mol. The second-order valence-electron chi connectivity index (χ2n) is 4.30. The molecule has 0 heterocycles. The van der Waals surface area contributed by atoms with Gasteiger partial charge in [0.1, 0.15) is 5.75 Å². The molecule has 3 N–H and O–H groups in total. The molecule has 0 aliphatic carbocycles. The van der Waals surface area contributed by atoms with E-state index in [4.69, 9.17) is 5.11 Å². The van der Waals surface area contributed by atoms with E-state index in [0.29, 0.717) is 6.42 Å². The summed E-state index contributed by atoms with van der Waals surface area (Å²) in [4.78, 5) is 0. The summed E-state index contributed by atoms with van der Waals surface area (Å²) in [6.45, 7) is 1.95. The topological polar surface area (TPSA) is 60.7 Å². The average Bonchev–Trinajstić information content (AvgIpc) is 2.34. The van der Waals surface area contributed by atoms with Crippen LogP contribution < -0.4 is 0 Å². The Labute approximate surface area is 108 Å². The lowest BCUT2D eigenvalue weighted by Gasteiger charge is -2.06. The minimum absolute atomic E-state index is 0.0465. The van der Waals surface area contributed by atoms with Gasteiger partial charge in [-0.15, -0.1) is 0 Å².